The summed E-state index contributed by atoms with van der Waals surface area (Å²) in [4.78, 5) is 26.7. The van der Waals surface area contributed by atoms with Crippen molar-refractivity contribution in [3.63, 3.8) is 0 Å². The number of methoxy groups -OCH3 is 1. The summed E-state index contributed by atoms with van der Waals surface area (Å²) in [7, 11) is 1.61. The van der Waals surface area contributed by atoms with Crippen LogP contribution in [0.1, 0.15) is 11.3 Å². The minimum absolute atomic E-state index is 0.159. The van der Waals surface area contributed by atoms with Gasteiger partial charge in [-0.25, -0.2) is 8.97 Å². The first-order valence-corrected chi connectivity index (χ1v) is 9.98. The maximum atomic E-state index is 13.4. The topological polar surface area (TPSA) is 78.5 Å². The molecule has 0 aliphatic carbocycles. The molecular weight excluding hydrogens is 404 g/mol. The first-order chi connectivity index (χ1) is 15.7. The summed E-state index contributed by atoms with van der Waals surface area (Å²) in [6.07, 6.45) is 3.41. The molecule has 3 aromatic carbocycles. The van der Waals surface area contributed by atoms with Crippen molar-refractivity contribution in [3.05, 3.63) is 111 Å². The molecule has 0 aliphatic rings. The number of ether oxygens (including phenoxy) is 1. The molecular formula is C25H18N4O3. The highest BCUT2D eigenvalue weighted by molar-refractivity contribution is 5.81. The summed E-state index contributed by atoms with van der Waals surface area (Å²) in [5.74, 6) is 0.907. The molecule has 0 aliphatic heterocycles. The smallest absolute Gasteiger partial charge is 0.285 e. The quantitative estimate of drug-likeness (QED) is 0.414. The summed E-state index contributed by atoms with van der Waals surface area (Å²) in [5, 5.41) is 8.83. The lowest BCUT2D eigenvalue weighted by atomic mass is 10.2. The van der Waals surface area contributed by atoms with Crippen molar-refractivity contribution in [2.75, 3.05) is 7.11 Å². The Morgan fingerprint density at radius 1 is 0.781 bits per heavy atom. The van der Waals surface area contributed by atoms with Crippen LogP contribution in [0.3, 0.4) is 0 Å². The van der Waals surface area contributed by atoms with Crippen LogP contribution in [-0.4, -0.2) is 26.3 Å². The number of fused-ring (bicyclic) bond motifs is 3. The summed E-state index contributed by atoms with van der Waals surface area (Å²) in [6.45, 7) is 0. The van der Waals surface area contributed by atoms with Gasteiger partial charge in [0.05, 0.1) is 23.7 Å². The van der Waals surface area contributed by atoms with E-state index in [0.717, 1.165) is 11.3 Å². The SMILES string of the molecule is COc1ccc(/C=C\c2nnc3n(-c4ccccc4)c(=O)c4ccccc4n3c2=O)cc1. The number of aromatic nitrogens is 4. The lowest BCUT2D eigenvalue weighted by Crippen LogP contribution is -2.29. The first kappa shape index (κ1) is 19.4. The second kappa shape index (κ2) is 7.96. The number of hydrogen-bond acceptors (Lipinski definition) is 5. The molecule has 5 aromatic rings. The monoisotopic (exact) mass is 422 g/mol. The molecule has 0 saturated heterocycles. The van der Waals surface area contributed by atoms with Crippen LogP contribution in [-0.2, 0) is 0 Å². The van der Waals surface area contributed by atoms with Crippen LogP contribution >= 0.6 is 0 Å². The fourth-order valence-corrected chi connectivity index (χ4v) is 3.62. The lowest BCUT2D eigenvalue weighted by Gasteiger charge is -2.12. The largest absolute Gasteiger partial charge is 0.497 e. The molecule has 0 spiro atoms. The van der Waals surface area contributed by atoms with E-state index in [2.05, 4.69) is 10.2 Å². The Morgan fingerprint density at radius 2 is 1.50 bits per heavy atom. The van der Waals surface area contributed by atoms with Crippen molar-refractivity contribution < 1.29 is 4.74 Å². The van der Waals surface area contributed by atoms with Gasteiger partial charge in [-0.2, -0.15) is 0 Å². The number of para-hydroxylation sites is 2. The van der Waals surface area contributed by atoms with Gasteiger partial charge in [0.25, 0.3) is 11.1 Å². The Balaban J connectivity index is 1.76. The van der Waals surface area contributed by atoms with E-state index >= 15 is 0 Å². The van der Waals surface area contributed by atoms with Gasteiger partial charge >= 0.3 is 0 Å². The Labute approximate surface area is 182 Å². The third-order valence-electron chi connectivity index (χ3n) is 5.21. The van der Waals surface area contributed by atoms with E-state index in [-0.39, 0.29) is 22.6 Å². The maximum absolute atomic E-state index is 13.4. The van der Waals surface area contributed by atoms with Crippen molar-refractivity contribution in [3.8, 4) is 11.4 Å². The minimum atomic E-state index is -0.361. The molecule has 0 bridgehead atoms. The van der Waals surface area contributed by atoms with Crippen LogP contribution in [0.4, 0.5) is 0 Å². The molecule has 0 unspecified atom stereocenters. The van der Waals surface area contributed by atoms with Gasteiger partial charge in [0.2, 0.25) is 5.78 Å². The molecule has 32 heavy (non-hydrogen) atoms. The van der Waals surface area contributed by atoms with E-state index in [1.165, 1.54) is 8.97 Å². The van der Waals surface area contributed by atoms with E-state index in [0.29, 0.717) is 16.6 Å². The van der Waals surface area contributed by atoms with Gasteiger partial charge < -0.3 is 4.74 Å². The molecule has 0 atom stereocenters. The molecule has 7 nitrogen and oxygen atoms in total. The van der Waals surface area contributed by atoms with E-state index < -0.39 is 0 Å². The second-order valence-corrected chi connectivity index (χ2v) is 7.13. The highest BCUT2D eigenvalue weighted by Crippen LogP contribution is 2.16. The van der Waals surface area contributed by atoms with Gasteiger partial charge in [-0.3, -0.25) is 9.59 Å². The summed E-state index contributed by atoms with van der Waals surface area (Å²) in [5.41, 5.74) is 1.52. The zero-order valence-corrected chi connectivity index (χ0v) is 17.2. The zero-order chi connectivity index (χ0) is 22.1. The fraction of sp³-hybridized carbons (Fsp3) is 0.0400. The van der Waals surface area contributed by atoms with Crippen molar-refractivity contribution >= 4 is 28.8 Å². The van der Waals surface area contributed by atoms with Crippen molar-refractivity contribution in [1.82, 2.24) is 19.2 Å². The number of benzene rings is 3. The highest BCUT2D eigenvalue weighted by Gasteiger charge is 2.16. The van der Waals surface area contributed by atoms with E-state index in [4.69, 9.17) is 4.74 Å². The van der Waals surface area contributed by atoms with Gasteiger partial charge in [0.15, 0.2) is 5.69 Å². The molecule has 156 valence electrons. The van der Waals surface area contributed by atoms with Crippen molar-refractivity contribution in [2.45, 2.75) is 0 Å². The molecule has 0 saturated carbocycles. The Kier molecular flexibility index (Phi) is 4.84. The molecule has 5 rings (SSSR count). The zero-order valence-electron chi connectivity index (χ0n) is 17.2. The molecule has 0 amide bonds. The van der Waals surface area contributed by atoms with Gasteiger partial charge in [0, 0.05) is 0 Å². The van der Waals surface area contributed by atoms with Gasteiger partial charge in [-0.15, -0.1) is 10.2 Å². The predicted molar refractivity (Wildman–Crippen MR) is 124 cm³/mol. The van der Waals surface area contributed by atoms with Gasteiger partial charge in [-0.1, -0.05) is 48.5 Å². The first-order valence-electron chi connectivity index (χ1n) is 9.98. The van der Waals surface area contributed by atoms with Crippen molar-refractivity contribution in [2.24, 2.45) is 0 Å². The van der Waals surface area contributed by atoms with Gasteiger partial charge in [0.1, 0.15) is 5.75 Å². The summed E-state index contributed by atoms with van der Waals surface area (Å²) in [6, 6.07) is 23.5. The van der Waals surface area contributed by atoms with Gasteiger partial charge in [-0.05, 0) is 48.0 Å². The molecule has 0 fully saturated rings. The Morgan fingerprint density at radius 3 is 2.25 bits per heavy atom. The molecule has 2 aromatic heterocycles. The summed E-state index contributed by atoms with van der Waals surface area (Å²) >= 11 is 0. The number of nitrogens with zero attached hydrogens (tertiary/aromatic N) is 4. The van der Waals surface area contributed by atoms with Crippen LogP contribution in [0.25, 0.3) is 34.5 Å². The standard InChI is InChI=1S/C25H18N4O3/c1-32-19-14-11-17(12-15-19)13-16-21-24(31)29-22-10-6-5-9-20(22)23(30)28(25(29)27-26-21)18-7-3-2-4-8-18/h2-16H,1H3/b16-13-. The molecule has 7 heteroatoms. The van der Waals surface area contributed by atoms with E-state index in [1.54, 1.807) is 55.7 Å². The number of hydrogen-bond donors (Lipinski definition) is 0. The second-order valence-electron chi connectivity index (χ2n) is 7.13. The van der Waals surface area contributed by atoms with Crippen LogP contribution in [0.5, 0.6) is 5.75 Å². The van der Waals surface area contributed by atoms with E-state index in [9.17, 15) is 9.59 Å². The maximum Gasteiger partial charge on any atom is 0.285 e. The third-order valence-corrected chi connectivity index (χ3v) is 5.21. The average Bonchev–Trinajstić information content (AvgIpc) is 2.84. The molecule has 0 radical (unpaired) electrons. The number of rotatable bonds is 4. The average molecular weight is 422 g/mol. The molecule has 2 heterocycles. The van der Waals surface area contributed by atoms with Crippen LogP contribution in [0.2, 0.25) is 0 Å². The Hall–Kier alpha value is -4.52. The van der Waals surface area contributed by atoms with Crippen LogP contribution in [0, 0.1) is 0 Å². The fourth-order valence-electron chi connectivity index (χ4n) is 3.62. The van der Waals surface area contributed by atoms with Crippen LogP contribution < -0.4 is 15.9 Å². The molecule has 0 N–H and O–H groups in total. The normalized spacial score (nSPS) is 11.4. The minimum Gasteiger partial charge on any atom is -0.497 e. The third kappa shape index (κ3) is 3.26. The van der Waals surface area contributed by atoms with E-state index in [1.807, 2.05) is 42.5 Å². The Bertz CT molecular complexity index is 1580. The highest BCUT2D eigenvalue weighted by atomic mass is 16.5. The van der Waals surface area contributed by atoms with Crippen molar-refractivity contribution in [1.29, 1.82) is 0 Å². The lowest BCUT2D eigenvalue weighted by molar-refractivity contribution is 0.415. The summed E-state index contributed by atoms with van der Waals surface area (Å²) < 4.78 is 8.02. The predicted octanol–water partition coefficient (Wildman–Crippen LogP) is 3.57. The van der Waals surface area contributed by atoms with Crippen LogP contribution in [0.15, 0.2) is 88.5 Å².